The minimum Gasteiger partial charge on any atom is -0.511 e. The fraction of sp³-hybridized carbons (Fsp3) is 0.318. The normalized spacial score (nSPS) is 26.6. The van der Waals surface area contributed by atoms with E-state index in [0.29, 0.717) is 16.8 Å². The average molecular weight is 470 g/mol. The van der Waals surface area contributed by atoms with Gasteiger partial charge in [0.25, 0.3) is 5.91 Å². The number of aliphatic hydroxyl groups excluding tert-OH is 2. The summed E-state index contributed by atoms with van der Waals surface area (Å²) in [6.07, 6.45) is -0.194. The lowest BCUT2D eigenvalue weighted by Gasteiger charge is -2.45. The molecule has 0 unspecified atom stereocenters. The fourth-order valence-corrected chi connectivity index (χ4v) is 5.16. The molecule has 0 bridgehead atoms. The van der Waals surface area contributed by atoms with Crippen LogP contribution in [0, 0.1) is 11.8 Å². The maximum Gasteiger partial charge on any atom is 0.332 e. The lowest BCUT2D eigenvalue weighted by Crippen LogP contribution is -2.57. The van der Waals surface area contributed by atoms with E-state index in [0.717, 1.165) is 0 Å². The monoisotopic (exact) mass is 470 g/mol. The molecule has 12 nitrogen and oxygen atoms in total. The van der Waals surface area contributed by atoms with E-state index in [1.165, 1.54) is 12.1 Å². The number of carbonyl (C=O) groups excluding carboxylic acids is 4. The first-order chi connectivity index (χ1) is 15.9. The Morgan fingerprint density at radius 2 is 1.82 bits per heavy atom. The number of allylic oxidation sites excluding steroid dienone is 2. The molecule has 3 aliphatic carbocycles. The molecule has 3 amide bonds. The summed E-state index contributed by atoms with van der Waals surface area (Å²) in [5, 5.41) is 46.7. The Morgan fingerprint density at radius 3 is 2.44 bits per heavy atom. The van der Waals surface area contributed by atoms with Crippen LogP contribution in [0.15, 0.2) is 39.9 Å². The number of nitrogens with zero attached hydrogens (tertiary/aromatic N) is 1. The first kappa shape index (κ1) is 23.0. The molecule has 0 aliphatic heterocycles. The number of hydrogen-bond acceptors (Lipinski definition) is 9. The van der Waals surface area contributed by atoms with Crippen molar-refractivity contribution in [3.05, 3.63) is 51.5 Å². The summed E-state index contributed by atoms with van der Waals surface area (Å²) in [4.78, 5) is 49.1. The predicted molar refractivity (Wildman–Crippen MR) is 116 cm³/mol. The standard InChI is InChI=1S/C22H22N4O8/c1-7(25-26-21(24)33)10-2-3-12(27)15-11(10)5-8-4-9-6-13(28)16(20(23)32)19(31)22(9,34)18(30)14(8)17(15)29/h2-3,8-9,27-28,30,34H,4-6H2,1H3,(H2,23,32)(H3,24,26,33)/b25-7-/t8-,9+,22+/m1/s1. The number of urea groups is 1. The highest BCUT2D eigenvalue weighted by molar-refractivity contribution is 6.24. The molecule has 4 rings (SSSR count). The van der Waals surface area contributed by atoms with Gasteiger partial charge in [-0.25, -0.2) is 10.2 Å². The lowest BCUT2D eigenvalue weighted by molar-refractivity contribution is -0.144. The minimum absolute atomic E-state index is 0.00768. The smallest absolute Gasteiger partial charge is 0.332 e. The van der Waals surface area contributed by atoms with Crippen molar-refractivity contribution >= 4 is 29.2 Å². The van der Waals surface area contributed by atoms with Gasteiger partial charge in [0.15, 0.2) is 11.4 Å². The maximum absolute atomic E-state index is 13.4. The first-order valence-electron chi connectivity index (χ1n) is 10.3. The zero-order valence-corrected chi connectivity index (χ0v) is 18.0. The SMILES string of the molecule is C/C(=N/NC(N)=O)c1ccc(O)c2c1C[C@H]1C[C@H]3CC(O)=C(C(N)=O)C(=O)[C@@]3(O)C(O)=C1C2=O. The second-order valence-electron chi connectivity index (χ2n) is 8.57. The molecule has 1 aromatic carbocycles. The Bertz CT molecular complexity index is 1280. The van der Waals surface area contributed by atoms with Crippen molar-refractivity contribution < 1.29 is 39.6 Å². The molecule has 0 heterocycles. The third-order valence-electron chi connectivity index (χ3n) is 6.67. The number of fused-ring (bicyclic) bond motifs is 3. The van der Waals surface area contributed by atoms with Crippen molar-refractivity contribution in [2.45, 2.75) is 31.8 Å². The van der Waals surface area contributed by atoms with Gasteiger partial charge in [-0.1, -0.05) is 0 Å². The van der Waals surface area contributed by atoms with Gasteiger partial charge in [0.1, 0.15) is 22.8 Å². The van der Waals surface area contributed by atoms with E-state index in [1.54, 1.807) is 6.92 Å². The van der Waals surface area contributed by atoms with Crippen LogP contribution in [0.25, 0.3) is 0 Å². The van der Waals surface area contributed by atoms with Gasteiger partial charge in [-0.15, -0.1) is 0 Å². The Balaban J connectivity index is 1.87. The first-order valence-corrected chi connectivity index (χ1v) is 10.3. The van der Waals surface area contributed by atoms with Crippen molar-refractivity contribution in [1.82, 2.24) is 5.43 Å². The molecule has 0 saturated heterocycles. The van der Waals surface area contributed by atoms with Crippen molar-refractivity contribution in [2.24, 2.45) is 28.4 Å². The lowest BCUT2D eigenvalue weighted by atomic mass is 9.60. The van der Waals surface area contributed by atoms with E-state index >= 15 is 0 Å². The molecule has 12 heteroatoms. The summed E-state index contributed by atoms with van der Waals surface area (Å²) in [5.41, 5.74) is 9.58. The van der Waals surface area contributed by atoms with Gasteiger partial charge >= 0.3 is 6.03 Å². The van der Waals surface area contributed by atoms with Crippen molar-refractivity contribution in [3.8, 4) is 5.75 Å². The summed E-state index contributed by atoms with van der Waals surface area (Å²) in [6.45, 7) is 1.56. The van der Waals surface area contributed by atoms with Crippen LogP contribution in [0.2, 0.25) is 0 Å². The quantitative estimate of drug-likeness (QED) is 0.180. The highest BCUT2D eigenvalue weighted by Gasteiger charge is 2.59. The number of aliphatic hydroxyl groups is 3. The van der Waals surface area contributed by atoms with Gasteiger partial charge in [0.05, 0.1) is 11.3 Å². The topological polar surface area (TPSA) is 226 Å². The number of rotatable bonds is 3. The number of carbonyl (C=O) groups is 4. The molecule has 3 aliphatic rings. The molecule has 178 valence electrons. The molecule has 34 heavy (non-hydrogen) atoms. The van der Waals surface area contributed by atoms with Crippen LogP contribution >= 0.6 is 0 Å². The molecule has 0 fully saturated rings. The summed E-state index contributed by atoms with van der Waals surface area (Å²) >= 11 is 0. The molecule has 0 spiro atoms. The van der Waals surface area contributed by atoms with Crippen LogP contribution in [0.1, 0.15) is 41.3 Å². The molecule has 1 aromatic rings. The van der Waals surface area contributed by atoms with Gasteiger partial charge in [0, 0.05) is 23.5 Å². The van der Waals surface area contributed by atoms with Crippen molar-refractivity contribution in [3.63, 3.8) is 0 Å². The van der Waals surface area contributed by atoms with E-state index in [4.69, 9.17) is 11.5 Å². The number of aromatic hydroxyl groups is 1. The molecule has 3 atom stereocenters. The van der Waals surface area contributed by atoms with Crippen LogP contribution in [-0.2, 0) is 16.0 Å². The zero-order chi connectivity index (χ0) is 25.1. The number of amides is 3. The van der Waals surface area contributed by atoms with E-state index < -0.39 is 63.8 Å². The van der Waals surface area contributed by atoms with Gasteiger partial charge < -0.3 is 31.9 Å². The number of ketones is 2. The number of benzene rings is 1. The zero-order valence-electron chi connectivity index (χ0n) is 18.0. The Labute approximate surface area is 192 Å². The van der Waals surface area contributed by atoms with E-state index in [1.807, 2.05) is 0 Å². The second kappa shape index (κ2) is 7.70. The van der Waals surface area contributed by atoms with Crippen LogP contribution in [0.3, 0.4) is 0 Å². The van der Waals surface area contributed by atoms with Crippen molar-refractivity contribution in [1.29, 1.82) is 0 Å². The van der Waals surface area contributed by atoms with E-state index in [9.17, 15) is 39.6 Å². The molecule has 0 radical (unpaired) electrons. The summed E-state index contributed by atoms with van der Waals surface area (Å²) in [6, 6.07) is 1.86. The number of primary amides is 2. The minimum atomic E-state index is -2.62. The number of phenols is 1. The third kappa shape index (κ3) is 3.14. The maximum atomic E-state index is 13.4. The summed E-state index contributed by atoms with van der Waals surface area (Å²) in [7, 11) is 0. The van der Waals surface area contributed by atoms with Gasteiger partial charge in [-0.05, 0) is 43.4 Å². The number of phenolic OH excluding ortho intramolecular Hbond substituents is 1. The third-order valence-corrected chi connectivity index (χ3v) is 6.67. The Hall–Kier alpha value is -4.19. The average Bonchev–Trinajstić information content (AvgIpc) is 2.74. The number of Topliss-reactive ketones (excluding diaryl/α,β-unsaturated/α-hetero) is 2. The highest BCUT2D eigenvalue weighted by atomic mass is 16.3. The van der Waals surface area contributed by atoms with Gasteiger partial charge in [-0.3, -0.25) is 14.4 Å². The summed E-state index contributed by atoms with van der Waals surface area (Å²) < 4.78 is 0. The van der Waals surface area contributed by atoms with Crippen LogP contribution < -0.4 is 16.9 Å². The number of hydrogen-bond donors (Lipinski definition) is 7. The largest absolute Gasteiger partial charge is 0.511 e. The fourth-order valence-electron chi connectivity index (χ4n) is 5.16. The molecular formula is C22H22N4O8. The number of nitrogens with one attached hydrogen (secondary N) is 1. The Kier molecular flexibility index (Phi) is 5.20. The van der Waals surface area contributed by atoms with Crippen LogP contribution in [0.4, 0.5) is 4.79 Å². The Morgan fingerprint density at radius 1 is 1.15 bits per heavy atom. The molecule has 9 N–H and O–H groups in total. The van der Waals surface area contributed by atoms with E-state index in [2.05, 4.69) is 10.5 Å². The highest BCUT2D eigenvalue weighted by Crippen LogP contribution is 2.51. The van der Waals surface area contributed by atoms with Crippen molar-refractivity contribution in [2.75, 3.05) is 0 Å². The molecular weight excluding hydrogens is 448 g/mol. The number of nitrogens with two attached hydrogens (primary N) is 2. The molecule has 0 saturated carbocycles. The molecule has 0 aromatic heterocycles. The number of hydrazone groups is 1. The van der Waals surface area contributed by atoms with Gasteiger partial charge in [-0.2, -0.15) is 5.10 Å². The second-order valence-corrected chi connectivity index (χ2v) is 8.57. The van der Waals surface area contributed by atoms with Gasteiger partial charge in [0.2, 0.25) is 5.78 Å². The van der Waals surface area contributed by atoms with E-state index in [-0.39, 0.29) is 30.4 Å². The predicted octanol–water partition coefficient (Wildman–Crippen LogP) is -0.0272. The summed E-state index contributed by atoms with van der Waals surface area (Å²) in [5.74, 6) is -6.98. The van der Waals surface area contributed by atoms with Crippen LogP contribution in [-0.4, -0.2) is 55.2 Å². The van der Waals surface area contributed by atoms with Crippen LogP contribution in [0.5, 0.6) is 5.75 Å².